The van der Waals surface area contributed by atoms with Crippen molar-refractivity contribution in [2.45, 2.75) is 11.4 Å². The van der Waals surface area contributed by atoms with E-state index in [1.54, 1.807) is 29.1 Å². The van der Waals surface area contributed by atoms with Gasteiger partial charge in [0.1, 0.15) is 10.4 Å². The van der Waals surface area contributed by atoms with Crippen molar-refractivity contribution in [3.05, 3.63) is 78.5 Å². The van der Waals surface area contributed by atoms with Crippen LogP contribution in [-0.2, 0) is 16.6 Å². The molecule has 9 heteroatoms. The summed E-state index contributed by atoms with van der Waals surface area (Å²) in [5.74, 6) is 0.221. The van der Waals surface area contributed by atoms with Crippen molar-refractivity contribution in [2.75, 3.05) is 4.72 Å². The molecule has 0 aliphatic rings. The molecule has 0 bridgehead atoms. The molecule has 0 saturated heterocycles. The van der Waals surface area contributed by atoms with Gasteiger partial charge in [-0.05, 0) is 38.8 Å². The molecule has 1 N–H and O–H groups in total. The first-order valence-electron chi connectivity index (χ1n) is 8.84. The van der Waals surface area contributed by atoms with Gasteiger partial charge in [-0.1, -0.05) is 48.5 Å². The van der Waals surface area contributed by atoms with Crippen LogP contribution in [0.1, 0.15) is 5.56 Å². The molecular weight excluding hydrogens is 390 g/mol. The molecule has 0 fully saturated rings. The fourth-order valence-electron chi connectivity index (χ4n) is 3.30. The minimum Gasteiger partial charge on any atom is -0.266 e. The molecule has 144 valence electrons. The van der Waals surface area contributed by atoms with E-state index in [4.69, 9.17) is 0 Å². The molecule has 2 heterocycles. The monoisotopic (exact) mass is 405 g/mol. The standard InChI is InChI=1S/C20H15N5O3S/c26-29(27,18-10-4-9-17-20(18)23-28-22-17)24-19-11-12-25(21-19)13-15-7-3-6-14-5-1-2-8-16(14)15/h1-12H,13H2,(H,21,24). The zero-order chi connectivity index (χ0) is 19.8. The van der Waals surface area contributed by atoms with E-state index >= 15 is 0 Å². The van der Waals surface area contributed by atoms with Crippen LogP contribution in [0, 0.1) is 0 Å². The minimum absolute atomic E-state index is 0.0140. The molecule has 3 aromatic carbocycles. The third-order valence-corrected chi connectivity index (χ3v) is 6.02. The quantitative estimate of drug-likeness (QED) is 0.481. The number of anilines is 1. The zero-order valence-corrected chi connectivity index (χ0v) is 15.9. The van der Waals surface area contributed by atoms with Crippen molar-refractivity contribution in [3.8, 4) is 0 Å². The van der Waals surface area contributed by atoms with Crippen LogP contribution < -0.4 is 4.72 Å². The largest absolute Gasteiger partial charge is 0.266 e. The van der Waals surface area contributed by atoms with Crippen LogP contribution in [0.2, 0.25) is 0 Å². The Morgan fingerprint density at radius 2 is 1.76 bits per heavy atom. The number of sulfonamides is 1. The zero-order valence-electron chi connectivity index (χ0n) is 15.1. The third kappa shape index (κ3) is 3.21. The van der Waals surface area contributed by atoms with Crippen molar-refractivity contribution < 1.29 is 13.0 Å². The predicted octanol–water partition coefficient (Wildman–Crippen LogP) is 3.42. The smallest absolute Gasteiger partial charge is 0.265 e. The van der Waals surface area contributed by atoms with Crippen LogP contribution in [0.15, 0.2) is 82.5 Å². The van der Waals surface area contributed by atoms with E-state index in [-0.39, 0.29) is 16.2 Å². The van der Waals surface area contributed by atoms with Crippen molar-refractivity contribution in [3.63, 3.8) is 0 Å². The maximum absolute atomic E-state index is 12.8. The average molecular weight is 405 g/mol. The minimum atomic E-state index is -3.89. The lowest BCUT2D eigenvalue weighted by atomic mass is 10.0. The number of rotatable bonds is 5. The Balaban J connectivity index is 1.42. The molecule has 0 atom stereocenters. The third-order valence-electron chi connectivity index (χ3n) is 4.63. The van der Waals surface area contributed by atoms with E-state index < -0.39 is 10.0 Å². The van der Waals surface area contributed by atoms with Crippen LogP contribution >= 0.6 is 0 Å². The van der Waals surface area contributed by atoms with Gasteiger partial charge in [0, 0.05) is 12.3 Å². The number of hydrogen-bond acceptors (Lipinski definition) is 6. The van der Waals surface area contributed by atoms with Crippen LogP contribution in [0.25, 0.3) is 21.8 Å². The summed E-state index contributed by atoms with van der Waals surface area (Å²) < 4.78 is 34.4. The fraction of sp³-hybridized carbons (Fsp3) is 0.0500. The molecule has 0 aliphatic carbocycles. The molecular formula is C20H15N5O3S. The summed E-state index contributed by atoms with van der Waals surface area (Å²) >= 11 is 0. The number of nitrogens with zero attached hydrogens (tertiary/aromatic N) is 4. The van der Waals surface area contributed by atoms with Gasteiger partial charge in [-0.3, -0.25) is 9.40 Å². The van der Waals surface area contributed by atoms with Crippen LogP contribution in [0.5, 0.6) is 0 Å². The Bertz CT molecular complexity index is 1430. The second-order valence-electron chi connectivity index (χ2n) is 6.53. The van der Waals surface area contributed by atoms with Gasteiger partial charge in [0.15, 0.2) is 11.3 Å². The highest BCUT2D eigenvalue weighted by Gasteiger charge is 2.21. The van der Waals surface area contributed by atoms with Gasteiger partial charge in [-0.15, -0.1) is 0 Å². The molecule has 0 aliphatic heterocycles. The molecule has 8 nitrogen and oxygen atoms in total. The first-order chi connectivity index (χ1) is 14.1. The first kappa shape index (κ1) is 17.4. The van der Waals surface area contributed by atoms with Crippen molar-refractivity contribution in [1.82, 2.24) is 20.1 Å². The molecule has 0 saturated carbocycles. The number of fused-ring (bicyclic) bond motifs is 2. The van der Waals surface area contributed by atoms with E-state index in [9.17, 15) is 8.42 Å². The second kappa shape index (κ2) is 6.71. The molecule has 0 amide bonds. The van der Waals surface area contributed by atoms with Gasteiger partial charge in [0.25, 0.3) is 10.0 Å². The van der Waals surface area contributed by atoms with Crippen LogP contribution in [0.4, 0.5) is 5.82 Å². The Morgan fingerprint density at radius 3 is 2.69 bits per heavy atom. The number of nitrogens with one attached hydrogen (secondary N) is 1. The Morgan fingerprint density at radius 1 is 0.931 bits per heavy atom. The molecule has 0 radical (unpaired) electrons. The van der Waals surface area contributed by atoms with Gasteiger partial charge in [0.05, 0.1) is 6.54 Å². The second-order valence-corrected chi connectivity index (χ2v) is 8.18. The van der Waals surface area contributed by atoms with E-state index in [1.165, 1.54) is 6.07 Å². The van der Waals surface area contributed by atoms with Gasteiger partial charge in [-0.25, -0.2) is 13.0 Å². The fourth-order valence-corrected chi connectivity index (χ4v) is 4.45. The predicted molar refractivity (Wildman–Crippen MR) is 108 cm³/mol. The number of benzene rings is 3. The molecule has 5 rings (SSSR count). The number of hydrogen-bond donors (Lipinski definition) is 1. The van der Waals surface area contributed by atoms with Gasteiger partial charge >= 0.3 is 0 Å². The summed E-state index contributed by atoms with van der Waals surface area (Å²) in [6.45, 7) is 0.520. The van der Waals surface area contributed by atoms with Crippen LogP contribution in [-0.4, -0.2) is 28.5 Å². The average Bonchev–Trinajstić information content (AvgIpc) is 3.37. The van der Waals surface area contributed by atoms with Gasteiger partial charge in [0.2, 0.25) is 0 Å². The maximum atomic E-state index is 12.8. The van der Waals surface area contributed by atoms with Gasteiger partial charge < -0.3 is 0 Å². The molecule has 0 unspecified atom stereocenters. The molecule has 2 aromatic heterocycles. The Kier molecular flexibility index (Phi) is 4.02. The summed E-state index contributed by atoms with van der Waals surface area (Å²) in [4.78, 5) is -0.0140. The highest BCUT2D eigenvalue weighted by molar-refractivity contribution is 7.93. The maximum Gasteiger partial charge on any atom is 0.265 e. The Labute approximate surface area is 165 Å². The number of aromatic nitrogens is 4. The Hall–Kier alpha value is -3.72. The van der Waals surface area contributed by atoms with Crippen molar-refractivity contribution >= 4 is 37.6 Å². The summed E-state index contributed by atoms with van der Waals surface area (Å²) in [7, 11) is -3.89. The normalized spacial score (nSPS) is 11.9. The SMILES string of the molecule is O=S(=O)(Nc1ccn(Cc2cccc3ccccc23)n1)c1cccc2nonc12. The van der Waals surface area contributed by atoms with E-state index in [2.05, 4.69) is 43.0 Å². The first-order valence-corrected chi connectivity index (χ1v) is 10.3. The molecule has 29 heavy (non-hydrogen) atoms. The highest BCUT2D eigenvalue weighted by Crippen LogP contribution is 2.23. The summed E-state index contributed by atoms with van der Waals surface area (Å²) in [6.07, 6.45) is 1.73. The summed E-state index contributed by atoms with van der Waals surface area (Å²) in [5, 5.41) is 14.0. The summed E-state index contributed by atoms with van der Waals surface area (Å²) in [5.41, 5.74) is 1.64. The lowest BCUT2D eigenvalue weighted by Gasteiger charge is -2.07. The lowest BCUT2D eigenvalue weighted by Crippen LogP contribution is -2.14. The van der Waals surface area contributed by atoms with Crippen molar-refractivity contribution in [1.29, 1.82) is 0 Å². The van der Waals surface area contributed by atoms with Crippen LogP contribution in [0.3, 0.4) is 0 Å². The van der Waals surface area contributed by atoms with E-state index in [0.717, 1.165) is 16.3 Å². The van der Waals surface area contributed by atoms with Gasteiger partial charge in [-0.2, -0.15) is 5.10 Å². The lowest BCUT2D eigenvalue weighted by molar-refractivity contribution is 0.315. The molecule has 0 spiro atoms. The highest BCUT2D eigenvalue weighted by atomic mass is 32.2. The topological polar surface area (TPSA) is 103 Å². The molecule has 5 aromatic rings. The van der Waals surface area contributed by atoms with E-state index in [0.29, 0.717) is 12.1 Å². The summed E-state index contributed by atoms with van der Waals surface area (Å²) in [6, 6.07) is 20.5. The van der Waals surface area contributed by atoms with Crippen molar-refractivity contribution in [2.24, 2.45) is 0 Å². The van der Waals surface area contributed by atoms with E-state index in [1.807, 2.05) is 24.3 Å².